The number of rotatable bonds is 6. The number of benzene rings is 2. The van der Waals surface area contributed by atoms with Gasteiger partial charge in [0.25, 0.3) is 5.91 Å². The lowest BCUT2D eigenvalue weighted by molar-refractivity contribution is -0.113. The third-order valence-corrected chi connectivity index (χ3v) is 5.97. The van der Waals surface area contributed by atoms with Gasteiger partial charge in [-0.15, -0.1) is 10.2 Å². The molecule has 3 aromatic rings. The Morgan fingerprint density at radius 3 is 2.71 bits per heavy atom. The zero-order valence-corrected chi connectivity index (χ0v) is 17.5. The number of aromatic nitrogens is 2. The van der Waals surface area contributed by atoms with E-state index >= 15 is 0 Å². The average molecular weight is 433 g/mol. The van der Waals surface area contributed by atoms with Crippen molar-refractivity contribution in [3.05, 3.63) is 63.6 Å². The summed E-state index contributed by atoms with van der Waals surface area (Å²) >= 11 is 8.28. The van der Waals surface area contributed by atoms with Crippen molar-refractivity contribution in [1.29, 1.82) is 0 Å². The molecule has 0 unspecified atom stereocenters. The number of nitrogens with one attached hydrogen (secondary N) is 2. The van der Waals surface area contributed by atoms with Gasteiger partial charge in [-0.25, -0.2) is 0 Å². The second-order valence-electron chi connectivity index (χ2n) is 5.99. The Kier molecular flexibility index (Phi) is 6.66. The van der Waals surface area contributed by atoms with E-state index in [0.29, 0.717) is 15.0 Å². The lowest BCUT2D eigenvalue weighted by Gasteiger charge is -2.08. The van der Waals surface area contributed by atoms with Crippen LogP contribution < -0.4 is 10.6 Å². The SMILES string of the molecule is Cc1ccc(C)c(NC(=O)CSc2nnc(C(=O)Nc3cccc(Cl)c3)s2)c1. The smallest absolute Gasteiger partial charge is 0.286 e. The number of hydrogen-bond donors (Lipinski definition) is 2. The Hall–Kier alpha value is -2.42. The number of carbonyl (C=O) groups is 2. The standard InChI is InChI=1S/C19H17ClN4O2S2/c1-11-6-7-12(2)15(8-11)22-16(25)10-27-19-24-23-18(28-19)17(26)21-14-5-3-4-13(20)9-14/h3-9H,10H2,1-2H3,(H,21,26)(H,22,25). The summed E-state index contributed by atoms with van der Waals surface area (Å²) in [6.07, 6.45) is 0. The van der Waals surface area contributed by atoms with Crippen LogP contribution in [0.25, 0.3) is 0 Å². The van der Waals surface area contributed by atoms with Crippen molar-refractivity contribution in [2.24, 2.45) is 0 Å². The van der Waals surface area contributed by atoms with Crippen LogP contribution in [0.5, 0.6) is 0 Å². The molecular weight excluding hydrogens is 416 g/mol. The lowest BCUT2D eigenvalue weighted by atomic mass is 10.1. The van der Waals surface area contributed by atoms with Crippen LogP contribution in [-0.4, -0.2) is 27.8 Å². The van der Waals surface area contributed by atoms with Gasteiger partial charge in [-0.05, 0) is 49.2 Å². The molecular formula is C19H17ClN4O2S2. The van der Waals surface area contributed by atoms with Crippen molar-refractivity contribution in [1.82, 2.24) is 10.2 Å². The van der Waals surface area contributed by atoms with E-state index < -0.39 is 0 Å². The minimum atomic E-state index is -0.369. The predicted octanol–water partition coefficient (Wildman–Crippen LogP) is 4.79. The third-order valence-electron chi connectivity index (χ3n) is 3.68. The first-order valence-electron chi connectivity index (χ1n) is 8.31. The van der Waals surface area contributed by atoms with Gasteiger partial charge >= 0.3 is 0 Å². The fraction of sp³-hybridized carbons (Fsp3) is 0.158. The van der Waals surface area contributed by atoms with Crippen molar-refractivity contribution in [3.63, 3.8) is 0 Å². The molecule has 2 aromatic carbocycles. The van der Waals surface area contributed by atoms with Crippen LogP contribution >= 0.6 is 34.7 Å². The average Bonchev–Trinajstić information content (AvgIpc) is 3.12. The molecule has 0 spiro atoms. The second kappa shape index (κ2) is 9.18. The first-order valence-corrected chi connectivity index (χ1v) is 10.5. The minimum Gasteiger partial charge on any atom is -0.325 e. The van der Waals surface area contributed by atoms with Crippen LogP contribution in [0.1, 0.15) is 20.9 Å². The normalized spacial score (nSPS) is 10.5. The first kappa shape index (κ1) is 20.3. The summed E-state index contributed by atoms with van der Waals surface area (Å²) in [6.45, 7) is 3.92. The molecule has 2 N–H and O–H groups in total. The molecule has 0 saturated carbocycles. The largest absolute Gasteiger partial charge is 0.325 e. The molecule has 3 rings (SSSR count). The highest BCUT2D eigenvalue weighted by Gasteiger charge is 2.15. The van der Waals surface area contributed by atoms with Crippen LogP contribution in [0.2, 0.25) is 5.02 Å². The van der Waals surface area contributed by atoms with Crippen molar-refractivity contribution in [2.75, 3.05) is 16.4 Å². The fourth-order valence-electron chi connectivity index (χ4n) is 2.29. The summed E-state index contributed by atoms with van der Waals surface area (Å²) in [5.41, 5.74) is 3.45. The van der Waals surface area contributed by atoms with E-state index in [9.17, 15) is 9.59 Å². The minimum absolute atomic E-state index is 0.140. The molecule has 0 atom stereocenters. The van der Waals surface area contributed by atoms with E-state index in [4.69, 9.17) is 11.6 Å². The number of carbonyl (C=O) groups excluding carboxylic acids is 2. The summed E-state index contributed by atoms with van der Waals surface area (Å²) in [4.78, 5) is 24.4. The van der Waals surface area contributed by atoms with Crippen LogP contribution in [0, 0.1) is 13.8 Å². The maximum atomic E-state index is 12.3. The van der Waals surface area contributed by atoms with Gasteiger partial charge in [0.2, 0.25) is 10.9 Å². The monoisotopic (exact) mass is 432 g/mol. The van der Waals surface area contributed by atoms with Crippen molar-refractivity contribution in [3.8, 4) is 0 Å². The molecule has 1 aromatic heterocycles. The molecule has 28 heavy (non-hydrogen) atoms. The van der Waals surface area contributed by atoms with Crippen LogP contribution in [0.15, 0.2) is 46.8 Å². The maximum Gasteiger partial charge on any atom is 0.286 e. The molecule has 2 amide bonds. The van der Waals surface area contributed by atoms with Gasteiger partial charge in [0.05, 0.1) is 5.75 Å². The molecule has 1 heterocycles. The highest BCUT2D eigenvalue weighted by molar-refractivity contribution is 8.01. The molecule has 0 aliphatic carbocycles. The van der Waals surface area contributed by atoms with Gasteiger partial charge in [-0.1, -0.05) is 52.9 Å². The van der Waals surface area contributed by atoms with Gasteiger partial charge in [0.1, 0.15) is 0 Å². The van der Waals surface area contributed by atoms with Crippen molar-refractivity contribution < 1.29 is 9.59 Å². The molecule has 9 heteroatoms. The number of thioether (sulfide) groups is 1. The van der Waals surface area contributed by atoms with E-state index in [1.54, 1.807) is 24.3 Å². The van der Waals surface area contributed by atoms with E-state index in [0.717, 1.165) is 28.2 Å². The summed E-state index contributed by atoms with van der Waals surface area (Å²) < 4.78 is 0.548. The predicted molar refractivity (Wildman–Crippen MR) is 115 cm³/mol. The molecule has 6 nitrogen and oxygen atoms in total. The number of amides is 2. The maximum absolute atomic E-state index is 12.3. The van der Waals surface area contributed by atoms with Gasteiger partial charge in [-0.3, -0.25) is 9.59 Å². The summed E-state index contributed by atoms with van der Waals surface area (Å²) in [7, 11) is 0. The molecule has 0 saturated heterocycles. The number of hydrogen-bond acceptors (Lipinski definition) is 6. The molecule has 0 aliphatic heterocycles. The van der Waals surface area contributed by atoms with Gasteiger partial charge in [0.15, 0.2) is 4.34 Å². The summed E-state index contributed by atoms with van der Waals surface area (Å²) in [5.74, 6) is -0.330. The summed E-state index contributed by atoms with van der Waals surface area (Å²) in [5, 5.41) is 14.2. The van der Waals surface area contributed by atoms with Crippen molar-refractivity contribution in [2.45, 2.75) is 18.2 Å². The van der Waals surface area contributed by atoms with Gasteiger partial charge in [-0.2, -0.15) is 0 Å². The van der Waals surface area contributed by atoms with Gasteiger partial charge < -0.3 is 10.6 Å². The Morgan fingerprint density at radius 1 is 1.11 bits per heavy atom. The molecule has 144 valence electrons. The highest BCUT2D eigenvalue weighted by atomic mass is 35.5. The number of nitrogens with zero attached hydrogens (tertiary/aromatic N) is 2. The molecule has 0 aliphatic rings. The lowest BCUT2D eigenvalue weighted by Crippen LogP contribution is -2.14. The zero-order valence-electron chi connectivity index (χ0n) is 15.2. The topological polar surface area (TPSA) is 84.0 Å². The van der Waals surface area contributed by atoms with Crippen LogP contribution in [-0.2, 0) is 4.79 Å². The van der Waals surface area contributed by atoms with E-state index in [1.165, 1.54) is 11.8 Å². The quantitative estimate of drug-likeness (QED) is 0.547. The fourth-order valence-corrected chi connectivity index (χ4v) is 4.03. The highest BCUT2D eigenvalue weighted by Crippen LogP contribution is 2.24. The Bertz CT molecular complexity index is 1020. The van der Waals surface area contributed by atoms with E-state index in [2.05, 4.69) is 20.8 Å². The van der Waals surface area contributed by atoms with E-state index in [-0.39, 0.29) is 22.6 Å². The number of halogens is 1. The number of anilines is 2. The zero-order chi connectivity index (χ0) is 20.1. The van der Waals surface area contributed by atoms with Crippen LogP contribution in [0.3, 0.4) is 0 Å². The second-order valence-corrected chi connectivity index (χ2v) is 8.63. The number of aryl methyl sites for hydroxylation is 2. The Labute approximate surface area is 175 Å². The van der Waals surface area contributed by atoms with E-state index in [1.807, 2.05) is 32.0 Å². The summed E-state index contributed by atoms with van der Waals surface area (Å²) in [6, 6.07) is 12.7. The Balaban J connectivity index is 1.54. The first-order chi connectivity index (χ1) is 13.4. The molecule has 0 fully saturated rings. The third kappa shape index (κ3) is 5.54. The molecule has 0 bridgehead atoms. The Morgan fingerprint density at radius 2 is 1.93 bits per heavy atom. The molecule has 0 radical (unpaired) electrons. The van der Waals surface area contributed by atoms with Crippen LogP contribution in [0.4, 0.5) is 11.4 Å². The van der Waals surface area contributed by atoms with Gasteiger partial charge in [0, 0.05) is 16.4 Å². The van der Waals surface area contributed by atoms with Crippen molar-refractivity contribution >= 4 is 57.9 Å².